The molecule has 3 atom stereocenters. The zero-order valence-electron chi connectivity index (χ0n) is 14.5. The second kappa shape index (κ2) is 7.56. The van der Waals surface area contributed by atoms with Crippen molar-refractivity contribution in [2.45, 2.75) is 38.1 Å². The lowest BCUT2D eigenvalue weighted by molar-refractivity contribution is -0.947. The van der Waals surface area contributed by atoms with E-state index < -0.39 is 0 Å². The van der Waals surface area contributed by atoms with E-state index in [1.807, 2.05) is 12.3 Å². The molecule has 0 amide bonds. The highest BCUT2D eigenvalue weighted by Gasteiger charge is 2.43. The zero-order valence-corrected chi connectivity index (χ0v) is 16.6. The highest BCUT2D eigenvalue weighted by atomic mass is 127. The molecule has 0 aliphatic carbocycles. The summed E-state index contributed by atoms with van der Waals surface area (Å²) in [5.41, 5.74) is 0.992. The molecule has 24 heavy (non-hydrogen) atoms. The number of halogens is 1. The lowest BCUT2D eigenvalue weighted by atomic mass is 9.82. The summed E-state index contributed by atoms with van der Waals surface area (Å²) in [5.74, 6) is 1.63. The Morgan fingerprint density at radius 3 is 2.83 bits per heavy atom. The van der Waals surface area contributed by atoms with Crippen LogP contribution in [0.5, 0.6) is 5.75 Å². The van der Waals surface area contributed by atoms with Crippen LogP contribution in [-0.2, 0) is 0 Å². The fourth-order valence-electron chi connectivity index (χ4n) is 4.82. The van der Waals surface area contributed by atoms with Gasteiger partial charge in [-0.1, -0.05) is 18.2 Å². The molecule has 3 nitrogen and oxygen atoms in total. The molecule has 2 aliphatic heterocycles. The topological polar surface area (TPSA) is 22.1 Å². The van der Waals surface area contributed by atoms with Gasteiger partial charge in [0, 0.05) is 23.9 Å². The van der Waals surface area contributed by atoms with Crippen molar-refractivity contribution in [3.63, 3.8) is 0 Å². The second-order valence-electron chi connectivity index (χ2n) is 7.53. The van der Waals surface area contributed by atoms with Crippen LogP contribution in [0.4, 0.5) is 0 Å². The molecule has 130 valence electrons. The predicted molar refractivity (Wildman–Crippen MR) is 93.5 cm³/mol. The van der Waals surface area contributed by atoms with E-state index in [0.717, 1.165) is 29.3 Å². The molecule has 2 fully saturated rings. The van der Waals surface area contributed by atoms with Gasteiger partial charge in [-0.3, -0.25) is 4.98 Å². The van der Waals surface area contributed by atoms with Gasteiger partial charge in [-0.2, -0.15) is 0 Å². The van der Waals surface area contributed by atoms with Gasteiger partial charge < -0.3 is 33.2 Å². The first-order valence-corrected chi connectivity index (χ1v) is 9.07. The third kappa shape index (κ3) is 3.40. The van der Waals surface area contributed by atoms with E-state index in [0.29, 0.717) is 5.92 Å². The van der Waals surface area contributed by atoms with Crippen molar-refractivity contribution in [2.75, 3.05) is 26.7 Å². The number of rotatable bonds is 3. The minimum Gasteiger partial charge on any atom is -1.00 e. The van der Waals surface area contributed by atoms with Crippen molar-refractivity contribution in [3.8, 4) is 5.75 Å². The Labute approximate surface area is 162 Å². The highest BCUT2D eigenvalue weighted by molar-refractivity contribution is 5.84. The lowest BCUT2D eigenvalue weighted by Crippen LogP contribution is -3.00. The van der Waals surface area contributed by atoms with Gasteiger partial charge in [0.15, 0.2) is 0 Å². The summed E-state index contributed by atoms with van der Waals surface area (Å²) in [6.07, 6.45) is 8.67. The van der Waals surface area contributed by atoms with Crippen LogP contribution in [0.15, 0.2) is 36.5 Å². The van der Waals surface area contributed by atoms with Gasteiger partial charge in [-0.05, 0) is 37.8 Å². The number of ether oxygens (including phenoxy) is 1. The number of aromatic nitrogens is 1. The molecule has 2 aliphatic rings. The Balaban J connectivity index is 0.00000169. The van der Waals surface area contributed by atoms with Crippen LogP contribution < -0.4 is 28.7 Å². The number of nitrogens with zero attached hydrogens (tertiary/aromatic N) is 2. The largest absolute Gasteiger partial charge is 1.00 e. The number of piperidine rings is 2. The Hall–Kier alpha value is -0.880. The van der Waals surface area contributed by atoms with E-state index in [1.165, 1.54) is 49.7 Å². The number of para-hydroxylation sites is 1. The van der Waals surface area contributed by atoms with Crippen molar-refractivity contribution < 1.29 is 33.2 Å². The molecule has 1 aromatic heterocycles. The minimum atomic E-state index is 0. The summed E-state index contributed by atoms with van der Waals surface area (Å²) in [5, 5.41) is 1.16. The molecule has 2 saturated heterocycles. The smallest absolute Gasteiger partial charge is 0.145 e. The summed E-state index contributed by atoms with van der Waals surface area (Å²) < 4.78 is 7.56. The van der Waals surface area contributed by atoms with Gasteiger partial charge in [0.25, 0.3) is 0 Å². The molecule has 0 bridgehead atoms. The van der Waals surface area contributed by atoms with E-state index in [1.54, 1.807) is 0 Å². The standard InChI is InChI=1S/C20H27N2O.HI/c1-22-13-3-2-10-18(22)17(9-6-14-22)15-23-19-11-4-7-16-8-5-12-21-20(16)19;/h4-5,7-8,11-12,17-18H,2-3,6,9-10,13-15H2,1H3;1H/q+1;/p-1. The maximum absolute atomic E-state index is 6.28. The highest BCUT2D eigenvalue weighted by Crippen LogP contribution is 2.36. The van der Waals surface area contributed by atoms with Crippen molar-refractivity contribution in [1.82, 2.24) is 4.98 Å². The molecule has 3 heterocycles. The molecule has 4 rings (SSSR count). The Bertz CT molecular complexity index is 683. The normalized spacial score (nSPS) is 29.5. The third-order valence-electron chi connectivity index (χ3n) is 6.06. The van der Waals surface area contributed by atoms with Gasteiger partial charge in [0.1, 0.15) is 11.3 Å². The van der Waals surface area contributed by atoms with Crippen molar-refractivity contribution in [1.29, 1.82) is 0 Å². The van der Waals surface area contributed by atoms with Crippen LogP contribution >= 0.6 is 0 Å². The number of quaternary nitrogens is 1. The number of hydrogen-bond acceptors (Lipinski definition) is 2. The van der Waals surface area contributed by atoms with Crippen LogP contribution in [0, 0.1) is 5.92 Å². The Morgan fingerprint density at radius 2 is 1.92 bits per heavy atom. The lowest BCUT2D eigenvalue weighted by Gasteiger charge is -2.51. The maximum atomic E-state index is 6.28. The average Bonchev–Trinajstić information content (AvgIpc) is 2.59. The van der Waals surface area contributed by atoms with Crippen LogP contribution in [-0.4, -0.2) is 42.3 Å². The van der Waals surface area contributed by atoms with Crippen molar-refractivity contribution in [3.05, 3.63) is 36.5 Å². The molecular formula is C20H27IN2O. The van der Waals surface area contributed by atoms with E-state index in [-0.39, 0.29) is 24.0 Å². The summed E-state index contributed by atoms with van der Waals surface area (Å²) in [6, 6.07) is 11.1. The van der Waals surface area contributed by atoms with Gasteiger partial charge in [-0.15, -0.1) is 0 Å². The number of benzene rings is 1. The van der Waals surface area contributed by atoms with Crippen LogP contribution in [0.3, 0.4) is 0 Å². The first-order valence-electron chi connectivity index (χ1n) is 9.07. The fraction of sp³-hybridized carbons (Fsp3) is 0.550. The third-order valence-corrected chi connectivity index (χ3v) is 6.06. The fourth-order valence-corrected chi connectivity index (χ4v) is 4.82. The molecule has 0 N–H and O–H groups in total. The van der Waals surface area contributed by atoms with Crippen LogP contribution in [0.1, 0.15) is 32.1 Å². The molecular weight excluding hydrogens is 411 g/mol. The predicted octanol–water partition coefficient (Wildman–Crippen LogP) is 1.03. The molecule has 3 unspecified atom stereocenters. The maximum Gasteiger partial charge on any atom is 0.145 e. The SMILES string of the molecule is C[N+]12CCCCC1C(COc1cccc3cccnc13)CCC2.[I-]. The van der Waals surface area contributed by atoms with E-state index in [2.05, 4.69) is 36.3 Å². The van der Waals surface area contributed by atoms with Gasteiger partial charge >= 0.3 is 0 Å². The average molecular weight is 438 g/mol. The Morgan fingerprint density at radius 1 is 1.08 bits per heavy atom. The van der Waals surface area contributed by atoms with Crippen LogP contribution in [0.25, 0.3) is 10.9 Å². The molecule has 4 heteroatoms. The summed E-state index contributed by atoms with van der Waals surface area (Å²) in [7, 11) is 2.47. The summed E-state index contributed by atoms with van der Waals surface area (Å²) in [4.78, 5) is 4.51. The minimum absolute atomic E-state index is 0. The summed E-state index contributed by atoms with van der Waals surface area (Å²) >= 11 is 0. The number of pyridine rings is 1. The van der Waals surface area contributed by atoms with E-state index >= 15 is 0 Å². The number of fused-ring (bicyclic) bond motifs is 2. The van der Waals surface area contributed by atoms with Gasteiger partial charge in [0.2, 0.25) is 0 Å². The monoisotopic (exact) mass is 438 g/mol. The van der Waals surface area contributed by atoms with Crippen LogP contribution in [0.2, 0.25) is 0 Å². The Kier molecular flexibility index (Phi) is 5.65. The van der Waals surface area contributed by atoms with Gasteiger partial charge in [0.05, 0.1) is 32.8 Å². The quantitative estimate of drug-likeness (QED) is 0.528. The molecule has 0 radical (unpaired) electrons. The zero-order chi connectivity index (χ0) is 15.7. The molecule has 0 spiro atoms. The second-order valence-corrected chi connectivity index (χ2v) is 7.53. The molecule has 2 aromatic rings. The first-order chi connectivity index (χ1) is 11.3. The van der Waals surface area contributed by atoms with Crippen molar-refractivity contribution in [2.24, 2.45) is 5.92 Å². The van der Waals surface area contributed by atoms with Crippen molar-refractivity contribution >= 4 is 10.9 Å². The van der Waals surface area contributed by atoms with E-state index in [9.17, 15) is 0 Å². The molecule has 0 saturated carbocycles. The van der Waals surface area contributed by atoms with E-state index in [4.69, 9.17) is 4.74 Å². The van der Waals surface area contributed by atoms with Gasteiger partial charge in [-0.25, -0.2) is 0 Å². The first kappa shape index (κ1) is 17.9. The molecule has 1 aromatic carbocycles. The summed E-state index contributed by atoms with van der Waals surface area (Å²) in [6.45, 7) is 3.56. The number of hydrogen-bond donors (Lipinski definition) is 0.